The second-order valence-corrected chi connectivity index (χ2v) is 7.00. The number of carbonyl (C=O) groups excluding carboxylic acids is 2. The van der Waals surface area contributed by atoms with Gasteiger partial charge in [-0.2, -0.15) is 0 Å². The van der Waals surface area contributed by atoms with Gasteiger partial charge in [0.1, 0.15) is 5.82 Å². The number of benzene rings is 1. The van der Waals surface area contributed by atoms with Crippen LogP contribution in [0.4, 0.5) is 16.3 Å². The Labute approximate surface area is 171 Å². The van der Waals surface area contributed by atoms with Crippen LogP contribution < -0.4 is 10.6 Å². The number of ether oxygens (including phenoxy) is 1. The molecule has 0 unspecified atom stereocenters. The first kappa shape index (κ1) is 20.6. The molecule has 0 spiro atoms. The number of aryl methyl sites for hydroxylation is 1. The van der Waals surface area contributed by atoms with Crippen LogP contribution in [0.2, 0.25) is 0 Å². The maximum absolute atomic E-state index is 12.7. The molecule has 1 aliphatic heterocycles. The number of hydrogen-bond acceptors (Lipinski definition) is 5. The fraction of sp³-hybridized carbons (Fsp3) is 0.409. The zero-order valence-electron chi connectivity index (χ0n) is 17.0. The van der Waals surface area contributed by atoms with Crippen molar-refractivity contribution in [2.45, 2.75) is 39.2 Å². The molecule has 0 saturated carbocycles. The number of nitrogens with one attached hydrogen (secondary N) is 2. The summed E-state index contributed by atoms with van der Waals surface area (Å²) in [6.45, 7) is 5.44. The fourth-order valence-electron chi connectivity index (χ4n) is 3.42. The summed E-state index contributed by atoms with van der Waals surface area (Å²) < 4.78 is 5.03. The monoisotopic (exact) mass is 396 g/mol. The Hall–Kier alpha value is -3.09. The van der Waals surface area contributed by atoms with Crippen molar-refractivity contribution in [3.05, 3.63) is 53.7 Å². The minimum absolute atomic E-state index is 0.0403. The number of piperidine rings is 1. The van der Waals surface area contributed by atoms with Gasteiger partial charge in [0.15, 0.2) is 0 Å². The molecule has 2 N–H and O–H groups in total. The summed E-state index contributed by atoms with van der Waals surface area (Å²) >= 11 is 0. The molecule has 0 aliphatic carbocycles. The average Bonchev–Trinajstić information content (AvgIpc) is 2.75. The predicted octanol–water partition coefficient (Wildman–Crippen LogP) is 3.74. The maximum Gasteiger partial charge on any atom is 0.409 e. The van der Waals surface area contributed by atoms with Crippen LogP contribution in [-0.2, 0) is 11.2 Å². The summed E-state index contributed by atoms with van der Waals surface area (Å²) in [6, 6.07) is 11.6. The van der Waals surface area contributed by atoms with Gasteiger partial charge in [0.25, 0.3) is 5.91 Å². The van der Waals surface area contributed by atoms with Crippen molar-refractivity contribution in [2.24, 2.45) is 0 Å². The fourth-order valence-corrected chi connectivity index (χ4v) is 3.42. The van der Waals surface area contributed by atoms with Gasteiger partial charge in [-0.15, -0.1) is 0 Å². The quantitative estimate of drug-likeness (QED) is 0.777. The number of anilines is 2. The zero-order valence-corrected chi connectivity index (χ0v) is 17.0. The number of nitrogens with zero attached hydrogens (tertiary/aromatic N) is 2. The number of hydrogen-bond donors (Lipinski definition) is 2. The van der Waals surface area contributed by atoms with Crippen LogP contribution in [0, 0.1) is 0 Å². The minimum atomic E-state index is -0.283. The van der Waals surface area contributed by atoms with E-state index in [1.54, 1.807) is 30.2 Å². The third-order valence-corrected chi connectivity index (χ3v) is 5.04. The van der Waals surface area contributed by atoms with Crippen LogP contribution in [-0.4, -0.2) is 47.6 Å². The molecular formula is C22H28N4O3. The molecule has 0 bridgehead atoms. The first-order valence-electron chi connectivity index (χ1n) is 10.1. The molecule has 2 amide bonds. The molecule has 0 atom stereocenters. The largest absolute Gasteiger partial charge is 0.450 e. The predicted molar refractivity (Wildman–Crippen MR) is 112 cm³/mol. The highest BCUT2D eigenvalue weighted by molar-refractivity contribution is 5.95. The summed E-state index contributed by atoms with van der Waals surface area (Å²) in [6.07, 6.45) is 3.69. The minimum Gasteiger partial charge on any atom is -0.450 e. The van der Waals surface area contributed by atoms with Gasteiger partial charge in [-0.05, 0) is 49.9 Å². The van der Waals surface area contributed by atoms with Crippen molar-refractivity contribution in [3.63, 3.8) is 0 Å². The molecule has 1 saturated heterocycles. The lowest BCUT2D eigenvalue weighted by Gasteiger charge is -2.31. The van der Waals surface area contributed by atoms with Crippen molar-refractivity contribution >= 4 is 23.5 Å². The Balaban J connectivity index is 1.58. The summed E-state index contributed by atoms with van der Waals surface area (Å²) in [5.41, 5.74) is 2.74. The second kappa shape index (κ2) is 9.91. The van der Waals surface area contributed by atoms with Crippen LogP contribution >= 0.6 is 0 Å². The Bertz CT molecular complexity index is 847. The third kappa shape index (κ3) is 5.47. The van der Waals surface area contributed by atoms with E-state index in [9.17, 15) is 9.59 Å². The second-order valence-electron chi connectivity index (χ2n) is 7.00. The van der Waals surface area contributed by atoms with Crippen LogP contribution in [0.15, 0.2) is 42.6 Å². The molecule has 1 aliphatic rings. The molecule has 2 aromatic rings. The van der Waals surface area contributed by atoms with Crippen LogP contribution in [0.3, 0.4) is 0 Å². The van der Waals surface area contributed by atoms with E-state index < -0.39 is 0 Å². The molecule has 0 radical (unpaired) electrons. The van der Waals surface area contributed by atoms with E-state index in [0.717, 1.165) is 12.1 Å². The summed E-state index contributed by atoms with van der Waals surface area (Å²) in [7, 11) is 0. The highest BCUT2D eigenvalue weighted by Gasteiger charge is 2.24. The molecule has 7 nitrogen and oxygen atoms in total. The Morgan fingerprint density at radius 3 is 2.66 bits per heavy atom. The number of pyridine rings is 1. The van der Waals surface area contributed by atoms with Crippen molar-refractivity contribution in [1.29, 1.82) is 0 Å². The number of amides is 2. The van der Waals surface area contributed by atoms with Gasteiger partial charge in [0, 0.05) is 36.6 Å². The van der Waals surface area contributed by atoms with Crippen molar-refractivity contribution in [2.75, 3.05) is 25.0 Å². The highest BCUT2D eigenvalue weighted by Crippen LogP contribution is 2.21. The lowest BCUT2D eigenvalue weighted by atomic mass is 10.0. The van der Waals surface area contributed by atoms with E-state index in [1.807, 2.05) is 18.2 Å². The van der Waals surface area contributed by atoms with Gasteiger partial charge >= 0.3 is 6.09 Å². The first-order chi connectivity index (χ1) is 14.1. The van der Waals surface area contributed by atoms with E-state index in [1.165, 1.54) is 5.56 Å². The Kier molecular flexibility index (Phi) is 7.05. The van der Waals surface area contributed by atoms with Crippen LogP contribution in [0.25, 0.3) is 0 Å². The van der Waals surface area contributed by atoms with E-state index in [0.29, 0.717) is 43.9 Å². The van der Waals surface area contributed by atoms with E-state index >= 15 is 0 Å². The molecule has 7 heteroatoms. The van der Waals surface area contributed by atoms with Gasteiger partial charge in [0.2, 0.25) is 0 Å². The summed E-state index contributed by atoms with van der Waals surface area (Å²) in [5, 5.41) is 6.37. The summed E-state index contributed by atoms with van der Waals surface area (Å²) in [4.78, 5) is 30.5. The molecule has 1 aromatic heterocycles. The lowest BCUT2D eigenvalue weighted by molar-refractivity contribution is 0.0860. The SMILES string of the molecule is CCOC(=O)N1CCC(NC(=O)c2ccnc(Nc3ccccc3CC)c2)CC1. The topological polar surface area (TPSA) is 83.6 Å². The number of aromatic nitrogens is 1. The normalized spacial score (nSPS) is 14.3. The van der Waals surface area contributed by atoms with E-state index in [-0.39, 0.29) is 18.0 Å². The van der Waals surface area contributed by atoms with Crippen LogP contribution in [0.5, 0.6) is 0 Å². The molecule has 1 aromatic carbocycles. The van der Waals surface area contributed by atoms with Crippen molar-refractivity contribution < 1.29 is 14.3 Å². The molecule has 3 rings (SSSR count). The van der Waals surface area contributed by atoms with Crippen LogP contribution in [0.1, 0.15) is 42.6 Å². The molecule has 1 fully saturated rings. The van der Waals surface area contributed by atoms with E-state index in [2.05, 4.69) is 28.6 Å². The highest BCUT2D eigenvalue weighted by atomic mass is 16.6. The van der Waals surface area contributed by atoms with Gasteiger partial charge in [-0.1, -0.05) is 25.1 Å². The third-order valence-electron chi connectivity index (χ3n) is 5.04. The van der Waals surface area contributed by atoms with Crippen molar-refractivity contribution in [3.8, 4) is 0 Å². The molecular weight excluding hydrogens is 368 g/mol. The number of rotatable bonds is 6. The maximum atomic E-state index is 12.7. The van der Waals surface area contributed by atoms with Gasteiger partial charge < -0.3 is 20.3 Å². The van der Waals surface area contributed by atoms with Gasteiger partial charge in [-0.3, -0.25) is 4.79 Å². The number of para-hydroxylation sites is 1. The van der Waals surface area contributed by atoms with Gasteiger partial charge in [0.05, 0.1) is 6.61 Å². The Morgan fingerprint density at radius 1 is 1.17 bits per heavy atom. The summed E-state index contributed by atoms with van der Waals surface area (Å²) in [5.74, 6) is 0.504. The molecule has 2 heterocycles. The smallest absolute Gasteiger partial charge is 0.409 e. The first-order valence-corrected chi connectivity index (χ1v) is 10.1. The lowest BCUT2D eigenvalue weighted by Crippen LogP contribution is -2.46. The standard InChI is InChI=1S/C22H28N4O3/c1-3-16-7-5-6-8-19(16)25-20-15-17(9-12-23-20)21(27)24-18-10-13-26(14-11-18)22(28)29-4-2/h5-9,12,15,18H,3-4,10-11,13-14H2,1-2H3,(H,23,25)(H,24,27). The Morgan fingerprint density at radius 2 is 1.93 bits per heavy atom. The average molecular weight is 396 g/mol. The molecule has 29 heavy (non-hydrogen) atoms. The number of likely N-dealkylation sites (tertiary alicyclic amines) is 1. The van der Waals surface area contributed by atoms with Crippen molar-refractivity contribution in [1.82, 2.24) is 15.2 Å². The number of carbonyl (C=O) groups is 2. The molecule has 154 valence electrons. The van der Waals surface area contributed by atoms with Gasteiger partial charge in [-0.25, -0.2) is 9.78 Å². The zero-order chi connectivity index (χ0) is 20.6. The van der Waals surface area contributed by atoms with E-state index in [4.69, 9.17) is 4.74 Å².